The van der Waals surface area contributed by atoms with Crippen LogP contribution in [0.1, 0.15) is 6.42 Å². The average molecular weight is 285 g/mol. The number of fused-ring (bicyclic) bond motifs is 1. The fourth-order valence-electron chi connectivity index (χ4n) is 2.27. The van der Waals surface area contributed by atoms with E-state index in [1.165, 1.54) is 12.3 Å². The van der Waals surface area contributed by atoms with Crippen LogP contribution in [0.5, 0.6) is 0 Å². The number of ether oxygens (including phenoxy) is 1. The van der Waals surface area contributed by atoms with Gasteiger partial charge in [-0.2, -0.15) is 5.10 Å². The standard InChI is InChI=1S/C14H12FN5O/c15-9-1-2-11(16-5-9)12-6-17-14-13(19-12)7-18-20(14)8-10-3-4-21-10/h1-2,5-7,10H,3-4,8H2/t10-/m1/s1. The maximum absolute atomic E-state index is 12.9. The molecular formula is C14H12FN5O. The van der Waals surface area contributed by atoms with Gasteiger partial charge in [-0.3, -0.25) is 4.98 Å². The van der Waals surface area contributed by atoms with Crippen molar-refractivity contribution < 1.29 is 9.13 Å². The van der Waals surface area contributed by atoms with E-state index in [0.717, 1.165) is 18.7 Å². The van der Waals surface area contributed by atoms with Gasteiger partial charge in [0, 0.05) is 6.61 Å². The van der Waals surface area contributed by atoms with Crippen molar-refractivity contribution in [3.8, 4) is 11.4 Å². The summed E-state index contributed by atoms with van der Waals surface area (Å²) in [6.45, 7) is 1.50. The molecule has 1 aliphatic rings. The van der Waals surface area contributed by atoms with Crippen molar-refractivity contribution in [3.05, 3.63) is 36.5 Å². The lowest BCUT2D eigenvalue weighted by molar-refractivity contribution is -0.0603. The molecule has 0 bridgehead atoms. The molecule has 0 saturated carbocycles. The Bertz CT molecular complexity index is 782. The first kappa shape index (κ1) is 12.3. The monoisotopic (exact) mass is 285 g/mol. The molecule has 21 heavy (non-hydrogen) atoms. The van der Waals surface area contributed by atoms with Crippen LogP contribution in [0.15, 0.2) is 30.7 Å². The number of pyridine rings is 1. The van der Waals surface area contributed by atoms with E-state index >= 15 is 0 Å². The number of hydrogen-bond acceptors (Lipinski definition) is 5. The molecular weight excluding hydrogens is 273 g/mol. The molecule has 6 nitrogen and oxygen atoms in total. The smallest absolute Gasteiger partial charge is 0.176 e. The maximum atomic E-state index is 12.9. The van der Waals surface area contributed by atoms with Gasteiger partial charge < -0.3 is 4.74 Å². The lowest BCUT2D eigenvalue weighted by Gasteiger charge is -2.26. The lowest BCUT2D eigenvalue weighted by Crippen LogP contribution is -2.31. The van der Waals surface area contributed by atoms with E-state index in [1.54, 1.807) is 23.1 Å². The zero-order valence-electron chi connectivity index (χ0n) is 11.1. The van der Waals surface area contributed by atoms with Crippen LogP contribution in [-0.4, -0.2) is 37.4 Å². The summed E-state index contributed by atoms with van der Waals surface area (Å²) < 4.78 is 20.1. The van der Waals surface area contributed by atoms with Gasteiger partial charge in [-0.05, 0) is 18.6 Å². The minimum atomic E-state index is -0.374. The van der Waals surface area contributed by atoms with Gasteiger partial charge in [0.2, 0.25) is 0 Å². The summed E-state index contributed by atoms with van der Waals surface area (Å²) in [7, 11) is 0. The Morgan fingerprint density at radius 2 is 2.10 bits per heavy atom. The molecule has 4 heterocycles. The van der Waals surface area contributed by atoms with Gasteiger partial charge in [0.25, 0.3) is 0 Å². The molecule has 1 aliphatic heterocycles. The second kappa shape index (κ2) is 4.85. The van der Waals surface area contributed by atoms with Crippen LogP contribution in [0.3, 0.4) is 0 Å². The van der Waals surface area contributed by atoms with E-state index in [2.05, 4.69) is 20.1 Å². The Hall–Kier alpha value is -2.41. The predicted molar refractivity (Wildman–Crippen MR) is 72.9 cm³/mol. The summed E-state index contributed by atoms with van der Waals surface area (Å²) in [5.41, 5.74) is 2.59. The summed E-state index contributed by atoms with van der Waals surface area (Å²) in [5.74, 6) is -0.374. The lowest BCUT2D eigenvalue weighted by atomic mass is 10.2. The maximum Gasteiger partial charge on any atom is 0.176 e. The van der Waals surface area contributed by atoms with Crippen LogP contribution >= 0.6 is 0 Å². The Labute approximate surface area is 119 Å². The van der Waals surface area contributed by atoms with Gasteiger partial charge in [-0.1, -0.05) is 0 Å². The first-order chi connectivity index (χ1) is 10.3. The zero-order chi connectivity index (χ0) is 14.2. The van der Waals surface area contributed by atoms with Crippen LogP contribution in [0, 0.1) is 5.82 Å². The van der Waals surface area contributed by atoms with Gasteiger partial charge in [0.1, 0.15) is 17.0 Å². The van der Waals surface area contributed by atoms with Crippen molar-refractivity contribution in [2.75, 3.05) is 6.61 Å². The molecule has 0 unspecified atom stereocenters. The van der Waals surface area contributed by atoms with E-state index in [1.807, 2.05) is 0 Å². The fourth-order valence-corrected chi connectivity index (χ4v) is 2.27. The normalized spacial score (nSPS) is 17.9. The zero-order valence-corrected chi connectivity index (χ0v) is 11.1. The summed E-state index contributed by atoms with van der Waals surface area (Å²) in [4.78, 5) is 12.9. The number of nitrogens with zero attached hydrogens (tertiary/aromatic N) is 5. The third-order valence-electron chi connectivity index (χ3n) is 3.50. The third kappa shape index (κ3) is 2.25. The topological polar surface area (TPSA) is 65.7 Å². The highest BCUT2D eigenvalue weighted by Crippen LogP contribution is 2.19. The van der Waals surface area contributed by atoms with Gasteiger partial charge >= 0.3 is 0 Å². The van der Waals surface area contributed by atoms with Gasteiger partial charge in [-0.15, -0.1) is 0 Å². The molecule has 3 aromatic rings. The molecule has 0 aromatic carbocycles. The highest BCUT2D eigenvalue weighted by atomic mass is 19.1. The highest BCUT2D eigenvalue weighted by Gasteiger charge is 2.20. The summed E-state index contributed by atoms with van der Waals surface area (Å²) in [5, 5.41) is 4.30. The van der Waals surface area contributed by atoms with E-state index in [9.17, 15) is 4.39 Å². The molecule has 1 atom stereocenters. The third-order valence-corrected chi connectivity index (χ3v) is 3.50. The second-order valence-electron chi connectivity index (χ2n) is 4.93. The summed E-state index contributed by atoms with van der Waals surface area (Å²) in [6.07, 6.45) is 5.73. The van der Waals surface area contributed by atoms with Crippen LogP contribution in [0.25, 0.3) is 22.6 Å². The van der Waals surface area contributed by atoms with Crippen LogP contribution in [0.2, 0.25) is 0 Å². The molecule has 0 aliphatic carbocycles. The van der Waals surface area contributed by atoms with Gasteiger partial charge in [0.15, 0.2) is 5.65 Å². The molecule has 7 heteroatoms. The molecule has 3 aromatic heterocycles. The molecule has 0 spiro atoms. The van der Waals surface area contributed by atoms with Crippen molar-refractivity contribution in [3.63, 3.8) is 0 Å². The van der Waals surface area contributed by atoms with Crippen molar-refractivity contribution in [2.45, 2.75) is 19.1 Å². The highest BCUT2D eigenvalue weighted by molar-refractivity contribution is 5.72. The molecule has 1 fully saturated rings. The largest absolute Gasteiger partial charge is 0.376 e. The van der Waals surface area contributed by atoms with Crippen LogP contribution in [0.4, 0.5) is 4.39 Å². The first-order valence-electron chi connectivity index (χ1n) is 6.72. The predicted octanol–water partition coefficient (Wildman–Crippen LogP) is 1.82. The SMILES string of the molecule is Fc1ccc(-c2cnc3c(cnn3C[C@H]3CCO3)n2)nc1. The Morgan fingerprint density at radius 1 is 1.19 bits per heavy atom. The van der Waals surface area contributed by atoms with Crippen LogP contribution in [-0.2, 0) is 11.3 Å². The summed E-state index contributed by atoms with van der Waals surface area (Å²) >= 11 is 0. The number of rotatable bonds is 3. The Kier molecular flexibility index (Phi) is 2.85. The van der Waals surface area contributed by atoms with Crippen molar-refractivity contribution in [1.82, 2.24) is 24.7 Å². The van der Waals surface area contributed by atoms with Crippen molar-refractivity contribution in [1.29, 1.82) is 0 Å². The second-order valence-corrected chi connectivity index (χ2v) is 4.93. The van der Waals surface area contributed by atoms with E-state index in [0.29, 0.717) is 23.4 Å². The molecule has 0 radical (unpaired) electrons. The van der Waals surface area contributed by atoms with Gasteiger partial charge in [-0.25, -0.2) is 19.0 Å². The van der Waals surface area contributed by atoms with E-state index in [4.69, 9.17) is 4.74 Å². The average Bonchev–Trinajstić information content (AvgIpc) is 2.86. The molecule has 0 amide bonds. The fraction of sp³-hybridized carbons (Fsp3) is 0.286. The van der Waals surface area contributed by atoms with E-state index < -0.39 is 0 Å². The van der Waals surface area contributed by atoms with Crippen molar-refractivity contribution >= 4 is 11.2 Å². The molecule has 106 valence electrons. The van der Waals surface area contributed by atoms with Crippen molar-refractivity contribution in [2.24, 2.45) is 0 Å². The number of halogens is 1. The minimum Gasteiger partial charge on any atom is -0.376 e. The Morgan fingerprint density at radius 3 is 2.81 bits per heavy atom. The molecule has 4 rings (SSSR count). The van der Waals surface area contributed by atoms with Crippen LogP contribution < -0.4 is 0 Å². The number of hydrogen-bond donors (Lipinski definition) is 0. The number of aromatic nitrogens is 5. The van der Waals surface area contributed by atoms with Gasteiger partial charge in [0.05, 0.1) is 36.9 Å². The first-order valence-corrected chi connectivity index (χ1v) is 6.72. The molecule has 1 saturated heterocycles. The quantitative estimate of drug-likeness (QED) is 0.734. The summed E-state index contributed by atoms with van der Waals surface area (Å²) in [6, 6.07) is 2.93. The molecule has 0 N–H and O–H groups in total. The Balaban J connectivity index is 1.68. The minimum absolute atomic E-state index is 0.216. The van der Waals surface area contributed by atoms with E-state index in [-0.39, 0.29) is 11.9 Å².